The van der Waals surface area contributed by atoms with Crippen molar-refractivity contribution in [2.45, 2.75) is 51.7 Å². The zero-order chi connectivity index (χ0) is 22.3. The largest absolute Gasteiger partial charge is 0.489 e. The molecule has 0 spiro atoms. The van der Waals surface area contributed by atoms with E-state index in [4.69, 9.17) is 9.47 Å². The summed E-state index contributed by atoms with van der Waals surface area (Å²) < 4.78 is 11.5. The third kappa shape index (κ3) is 5.49. The van der Waals surface area contributed by atoms with E-state index in [1.165, 1.54) is 19.3 Å². The Morgan fingerprint density at radius 3 is 2.44 bits per heavy atom. The predicted molar refractivity (Wildman–Crippen MR) is 122 cm³/mol. The second-order valence-corrected chi connectivity index (χ2v) is 8.52. The molecule has 1 fully saturated rings. The molecule has 0 saturated heterocycles. The molecular formula is C26H30N2O4. The van der Waals surface area contributed by atoms with E-state index in [1.807, 2.05) is 54.6 Å². The van der Waals surface area contributed by atoms with Gasteiger partial charge in [0.1, 0.15) is 12.4 Å². The average Bonchev–Trinajstić information content (AvgIpc) is 2.82. The number of rotatable bonds is 7. The summed E-state index contributed by atoms with van der Waals surface area (Å²) in [5.74, 6) is 0.772. The lowest BCUT2D eigenvalue weighted by Gasteiger charge is -2.29. The van der Waals surface area contributed by atoms with Crippen LogP contribution in [0.3, 0.4) is 0 Å². The second-order valence-electron chi connectivity index (χ2n) is 8.52. The lowest BCUT2D eigenvalue weighted by molar-refractivity contribution is -0.141. The van der Waals surface area contributed by atoms with Crippen molar-refractivity contribution in [3.63, 3.8) is 0 Å². The Kier molecular flexibility index (Phi) is 7.10. The van der Waals surface area contributed by atoms with Crippen molar-refractivity contribution in [3.8, 4) is 5.75 Å². The molecule has 1 aliphatic heterocycles. The maximum Gasteiger partial charge on any atom is 0.338 e. The molecule has 2 amide bonds. The van der Waals surface area contributed by atoms with Gasteiger partial charge in [0, 0.05) is 5.70 Å². The standard InChI is InChI=1S/C26H30N2O4/c1-18-23(25(29)32-17-20-10-6-3-7-11-20)24(28-26(30)27-18)21-12-14-22(15-13-21)31-16-19-8-4-2-5-9-19/h2,4-5,8-9,12-15,20,24H,3,6-7,10-11,16-17H2,1H3,(H2,27,28,30)/t24-/m0/s1. The topological polar surface area (TPSA) is 76.7 Å². The number of hydrogen-bond donors (Lipinski definition) is 2. The summed E-state index contributed by atoms with van der Waals surface area (Å²) in [6.45, 7) is 2.64. The van der Waals surface area contributed by atoms with Gasteiger partial charge in [0.2, 0.25) is 0 Å². The molecule has 0 bridgehead atoms. The summed E-state index contributed by atoms with van der Waals surface area (Å²) in [5, 5.41) is 5.56. The zero-order valence-electron chi connectivity index (χ0n) is 18.4. The van der Waals surface area contributed by atoms with Crippen LogP contribution in [0.25, 0.3) is 0 Å². The minimum Gasteiger partial charge on any atom is -0.489 e. The normalized spacial score (nSPS) is 19.2. The smallest absolute Gasteiger partial charge is 0.338 e. The monoisotopic (exact) mass is 434 g/mol. The summed E-state index contributed by atoms with van der Waals surface area (Å²) in [7, 11) is 0. The molecule has 0 unspecified atom stereocenters. The maximum atomic E-state index is 13.0. The van der Waals surface area contributed by atoms with Crippen LogP contribution in [0.4, 0.5) is 4.79 Å². The first kappa shape index (κ1) is 21.9. The number of urea groups is 1. The van der Waals surface area contributed by atoms with Crippen molar-refractivity contribution < 1.29 is 19.1 Å². The number of carbonyl (C=O) groups is 2. The molecule has 6 heteroatoms. The molecule has 1 atom stereocenters. The summed E-state index contributed by atoms with van der Waals surface area (Å²) in [4.78, 5) is 25.1. The Bertz CT molecular complexity index is 963. The molecule has 6 nitrogen and oxygen atoms in total. The Morgan fingerprint density at radius 2 is 1.72 bits per heavy atom. The highest BCUT2D eigenvalue weighted by Gasteiger charge is 2.32. The predicted octanol–water partition coefficient (Wildman–Crippen LogP) is 5.02. The van der Waals surface area contributed by atoms with Crippen molar-refractivity contribution in [1.29, 1.82) is 0 Å². The van der Waals surface area contributed by atoms with Gasteiger partial charge >= 0.3 is 12.0 Å². The van der Waals surface area contributed by atoms with E-state index >= 15 is 0 Å². The summed E-state index contributed by atoms with van der Waals surface area (Å²) in [6, 6.07) is 16.5. The van der Waals surface area contributed by atoms with Crippen LogP contribution in [-0.4, -0.2) is 18.6 Å². The Labute approximate surface area is 189 Å². The Morgan fingerprint density at radius 1 is 1.00 bits per heavy atom. The highest BCUT2D eigenvalue weighted by Crippen LogP contribution is 2.30. The van der Waals surface area contributed by atoms with Gasteiger partial charge in [0.15, 0.2) is 0 Å². The maximum absolute atomic E-state index is 13.0. The average molecular weight is 435 g/mol. The number of hydrogen-bond acceptors (Lipinski definition) is 4. The van der Waals surface area contributed by atoms with Crippen LogP contribution in [0.5, 0.6) is 5.75 Å². The van der Waals surface area contributed by atoms with Crippen molar-refractivity contribution in [2.75, 3.05) is 6.61 Å². The number of benzene rings is 2. The van der Waals surface area contributed by atoms with Crippen LogP contribution in [0.1, 0.15) is 56.2 Å². The van der Waals surface area contributed by atoms with Gasteiger partial charge < -0.3 is 20.1 Å². The molecule has 2 N–H and O–H groups in total. The molecule has 32 heavy (non-hydrogen) atoms. The highest BCUT2D eigenvalue weighted by molar-refractivity contribution is 5.95. The van der Waals surface area contributed by atoms with E-state index < -0.39 is 6.04 Å². The van der Waals surface area contributed by atoms with Gasteiger partial charge in [-0.3, -0.25) is 0 Å². The van der Waals surface area contributed by atoms with Gasteiger partial charge in [-0.25, -0.2) is 9.59 Å². The van der Waals surface area contributed by atoms with Gasteiger partial charge in [-0.15, -0.1) is 0 Å². The van der Waals surface area contributed by atoms with Crippen LogP contribution < -0.4 is 15.4 Å². The fourth-order valence-electron chi connectivity index (χ4n) is 4.34. The summed E-state index contributed by atoms with van der Waals surface area (Å²) >= 11 is 0. The van der Waals surface area contributed by atoms with Crippen LogP contribution in [-0.2, 0) is 16.1 Å². The molecule has 2 aromatic carbocycles. The molecule has 2 aliphatic rings. The molecule has 0 radical (unpaired) electrons. The van der Waals surface area contributed by atoms with E-state index in [0.717, 1.165) is 29.7 Å². The van der Waals surface area contributed by atoms with Crippen LogP contribution in [0.2, 0.25) is 0 Å². The van der Waals surface area contributed by atoms with E-state index in [2.05, 4.69) is 10.6 Å². The van der Waals surface area contributed by atoms with Crippen LogP contribution in [0, 0.1) is 5.92 Å². The van der Waals surface area contributed by atoms with Gasteiger partial charge in [0.25, 0.3) is 0 Å². The molecule has 4 rings (SSSR count). The fraction of sp³-hybridized carbons (Fsp3) is 0.385. The highest BCUT2D eigenvalue weighted by atomic mass is 16.5. The molecule has 1 saturated carbocycles. The number of ether oxygens (including phenoxy) is 2. The third-order valence-corrected chi connectivity index (χ3v) is 6.13. The van der Waals surface area contributed by atoms with Gasteiger partial charge in [-0.1, -0.05) is 61.7 Å². The summed E-state index contributed by atoms with van der Waals surface area (Å²) in [6.07, 6.45) is 5.87. The van der Waals surface area contributed by atoms with Gasteiger partial charge in [0.05, 0.1) is 18.2 Å². The first-order valence-corrected chi connectivity index (χ1v) is 11.3. The van der Waals surface area contributed by atoms with Crippen molar-refractivity contribution >= 4 is 12.0 Å². The van der Waals surface area contributed by atoms with E-state index in [-0.39, 0.29) is 12.0 Å². The number of nitrogens with one attached hydrogen (secondary N) is 2. The lowest BCUT2D eigenvalue weighted by atomic mass is 9.90. The van der Waals surface area contributed by atoms with Crippen molar-refractivity contribution in [2.24, 2.45) is 5.92 Å². The molecule has 0 aromatic heterocycles. The minimum absolute atomic E-state index is 0.333. The van der Waals surface area contributed by atoms with E-state index in [1.54, 1.807) is 6.92 Å². The van der Waals surface area contributed by atoms with Crippen LogP contribution >= 0.6 is 0 Å². The van der Waals surface area contributed by atoms with E-state index in [0.29, 0.717) is 30.4 Å². The molecule has 168 valence electrons. The first-order chi connectivity index (χ1) is 15.6. The van der Waals surface area contributed by atoms with Crippen molar-refractivity contribution in [1.82, 2.24) is 10.6 Å². The summed E-state index contributed by atoms with van der Waals surface area (Å²) in [5.41, 5.74) is 2.86. The van der Waals surface area contributed by atoms with Crippen LogP contribution in [0.15, 0.2) is 65.9 Å². The number of carbonyl (C=O) groups excluding carboxylic acids is 2. The second kappa shape index (κ2) is 10.4. The number of allylic oxidation sites excluding steroid dienone is 1. The minimum atomic E-state index is -0.564. The Hall–Kier alpha value is -3.28. The van der Waals surface area contributed by atoms with Gasteiger partial charge in [-0.2, -0.15) is 0 Å². The molecular weight excluding hydrogens is 404 g/mol. The van der Waals surface area contributed by atoms with E-state index in [9.17, 15) is 9.59 Å². The molecule has 1 aliphatic carbocycles. The zero-order valence-corrected chi connectivity index (χ0v) is 18.4. The Balaban J connectivity index is 1.44. The van der Waals surface area contributed by atoms with Crippen molar-refractivity contribution in [3.05, 3.63) is 77.0 Å². The van der Waals surface area contributed by atoms with Gasteiger partial charge in [-0.05, 0) is 48.9 Å². The fourth-order valence-corrected chi connectivity index (χ4v) is 4.34. The number of amides is 2. The molecule has 1 heterocycles. The quantitative estimate of drug-likeness (QED) is 0.600. The SMILES string of the molecule is CC1=C(C(=O)OCC2CCCCC2)[C@H](c2ccc(OCc3ccccc3)cc2)NC(=O)N1. The lowest BCUT2D eigenvalue weighted by Crippen LogP contribution is -2.45. The first-order valence-electron chi connectivity index (χ1n) is 11.3. The third-order valence-electron chi connectivity index (χ3n) is 6.13. The molecule has 2 aromatic rings. The number of esters is 1.